The molecular weight excluding hydrogens is 172 g/mol. The van der Waals surface area contributed by atoms with Crippen LogP contribution in [0.5, 0.6) is 0 Å². The number of methoxy groups -OCH3 is 1. The Bertz CT molecular complexity index is 115. The van der Waals surface area contributed by atoms with Crippen LogP contribution in [-0.4, -0.2) is 31.0 Å². The zero-order valence-corrected chi connectivity index (χ0v) is 8.78. The van der Waals surface area contributed by atoms with Crippen molar-refractivity contribution < 1.29 is 9.53 Å². The highest BCUT2D eigenvalue weighted by Crippen LogP contribution is 2.05. The first kappa shape index (κ1) is 12.0. The molecule has 0 saturated carbocycles. The van der Waals surface area contributed by atoms with Gasteiger partial charge in [-0.05, 0) is 25.5 Å². The first-order valence-electron chi connectivity index (χ1n) is 4.33. The van der Waals surface area contributed by atoms with Gasteiger partial charge in [0.2, 0.25) is 0 Å². The summed E-state index contributed by atoms with van der Waals surface area (Å²) in [5.41, 5.74) is 0. The lowest BCUT2D eigenvalue weighted by Gasteiger charge is -1.99. The smallest absolute Gasteiger partial charge is 0.129 e. The van der Waals surface area contributed by atoms with Gasteiger partial charge in [-0.3, -0.25) is 0 Å². The predicted octanol–water partition coefficient (Wildman–Crippen LogP) is 2.13. The Morgan fingerprint density at radius 3 is 2.67 bits per heavy atom. The van der Waals surface area contributed by atoms with Crippen LogP contribution in [0.2, 0.25) is 0 Å². The summed E-state index contributed by atoms with van der Waals surface area (Å²) in [6.45, 7) is 2.48. The third-order valence-corrected chi connectivity index (χ3v) is 2.53. The van der Waals surface area contributed by atoms with Gasteiger partial charge in [0.15, 0.2) is 0 Å². The predicted molar refractivity (Wildman–Crippen MR) is 53.7 cm³/mol. The van der Waals surface area contributed by atoms with Gasteiger partial charge in [-0.25, -0.2) is 0 Å². The van der Waals surface area contributed by atoms with E-state index < -0.39 is 0 Å². The van der Waals surface area contributed by atoms with Crippen LogP contribution in [0.25, 0.3) is 0 Å². The highest BCUT2D eigenvalue weighted by atomic mass is 32.2. The van der Waals surface area contributed by atoms with E-state index in [1.165, 1.54) is 0 Å². The maximum atomic E-state index is 10.6. The van der Waals surface area contributed by atoms with Crippen molar-refractivity contribution in [1.29, 1.82) is 0 Å². The summed E-state index contributed by atoms with van der Waals surface area (Å²) >= 11 is 1.89. The standard InChI is InChI=1S/C9H18O2S/c1-9(10)5-3-4-7-12-8-6-11-2/h3-8H2,1-2H3. The minimum absolute atomic E-state index is 0.303. The summed E-state index contributed by atoms with van der Waals surface area (Å²) in [6, 6.07) is 0. The van der Waals surface area contributed by atoms with E-state index in [4.69, 9.17) is 4.74 Å². The first-order valence-corrected chi connectivity index (χ1v) is 5.49. The number of unbranched alkanes of at least 4 members (excludes halogenated alkanes) is 1. The quantitative estimate of drug-likeness (QED) is 0.548. The van der Waals surface area contributed by atoms with Crippen molar-refractivity contribution in [2.45, 2.75) is 26.2 Å². The Morgan fingerprint density at radius 1 is 1.33 bits per heavy atom. The van der Waals surface area contributed by atoms with Crippen molar-refractivity contribution in [3.8, 4) is 0 Å². The fourth-order valence-corrected chi connectivity index (χ4v) is 1.72. The number of rotatable bonds is 8. The van der Waals surface area contributed by atoms with E-state index in [0.29, 0.717) is 5.78 Å². The first-order chi connectivity index (χ1) is 5.77. The van der Waals surface area contributed by atoms with Gasteiger partial charge >= 0.3 is 0 Å². The normalized spacial score (nSPS) is 10.2. The van der Waals surface area contributed by atoms with Crippen molar-refractivity contribution in [2.75, 3.05) is 25.2 Å². The molecule has 0 aliphatic heterocycles. The molecule has 12 heavy (non-hydrogen) atoms. The van der Waals surface area contributed by atoms with Gasteiger partial charge in [-0.1, -0.05) is 0 Å². The van der Waals surface area contributed by atoms with Crippen LogP contribution in [0.4, 0.5) is 0 Å². The third kappa shape index (κ3) is 9.98. The number of ketones is 1. The Morgan fingerprint density at radius 2 is 2.08 bits per heavy atom. The van der Waals surface area contributed by atoms with Gasteiger partial charge in [-0.15, -0.1) is 0 Å². The van der Waals surface area contributed by atoms with E-state index >= 15 is 0 Å². The zero-order chi connectivity index (χ0) is 9.23. The molecule has 3 heteroatoms. The lowest BCUT2D eigenvalue weighted by atomic mass is 10.2. The number of hydrogen-bond acceptors (Lipinski definition) is 3. The number of ether oxygens (including phenoxy) is 1. The molecule has 0 N–H and O–H groups in total. The molecular formula is C9H18O2S. The highest BCUT2D eigenvalue weighted by molar-refractivity contribution is 7.99. The van der Waals surface area contributed by atoms with Crippen LogP contribution in [-0.2, 0) is 9.53 Å². The molecule has 0 fully saturated rings. The summed E-state index contributed by atoms with van der Waals surface area (Å²) in [5, 5.41) is 0. The minimum atomic E-state index is 0.303. The van der Waals surface area contributed by atoms with Crippen molar-refractivity contribution in [2.24, 2.45) is 0 Å². The zero-order valence-electron chi connectivity index (χ0n) is 7.97. The number of carbonyl (C=O) groups is 1. The number of hydrogen-bond donors (Lipinski definition) is 0. The summed E-state index contributed by atoms with van der Waals surface area (Å²) in [4.78, 5) is 10.6. The average molecular weight is 190 g/mol. The molecule has 0 bridgehead atoms. The van der Waals surface area contributed by atoms with E-state index in [-0.39, 0.29) is 0 Å². The van der Waals surface area contributed by atoms with Crippen molar-refractivity contribution in [1.82, 2.24) is 0 Å². The topological polar surface area (TPSA) is 26.3 Å². The van der Waals surface area contributed by atoms with E-state index in [0.717, 1.165) is 37.4 Å². The summed E-state index contributed by atoms with van der Waals surface area (Å²) < 4.78 is 4.91. The average Bonchev–Trinajstić information content (AvgIpc) is 2.02. The highest BCUT2D eigenvalue weighted by Gasteiger charge is 1.93. The van der Waals surface area contributed by atoms with Gasteiger partial charge < -0.3 is 9.53 Å². The Labute approximate surface area is 79.1 Å². The lowest BCUT2D eigenvalue weighted by molar-refractivity contribution is -0.117. The fraction of sp³-hybridized carbons (Fsp3) is 0.889. The molecule has 2 nitrogen and oxygen atoms in total. The van der Waals surface area contributed by atoms with E-state index in [2.05, 4.69) is 0 Å². The number of thioether (sulfide) groups is 1. The minimum Gasteiger partial charge on any atom is -0.384 e. The largest absolute Gasteiger partial charge is 0.384 e. The lowest BCUT2D eigenvalue weighted by Crippen LogP contribution is -1.94. The number of carbonyl (C=O) groups excluding carboxylic acids is 1. The van der Waals surface area contributed by atoms with E-state index in [1.807, 2.05) is 11.8 Å². The van der Waals surface area contributed by atoms with Crippen LogP contribution >= 0.6 is 11.8 Å². The monoisotopic (exact) mass is 190 g/mol. The molecule has 0 heterocycles. The SMILES string of the molecule is COCCSCCCCC(C)=O. The van der Waals surface area contributed by atoms with Crippen molar-refractivity contribution in [3.63, 3.8) is 0 Å². The molecule has 0 unspecified atom stereocenters. The molecule has 0 aromatic rings. The third-order valence-electron chi connectivity index (χ3n) is 1.50. The molecule has 0 radical (unpaired) electrons. The summed E-state index contributed by atoms with van der Waals surface area (Å²) in [6.07, 6.45) is 2.92. The molecule has 0 atom stereocenters. The Kier molecular flexibility index (Phi) is 9.06. The molecule has 0 spiro atoms. The van der Waals surface area contributed by atoms with Gasteiger partial charge in [0.1, 0.15) is 5.78 Å². The van der Waals surface area contributed by atoms with Gasteiger partial charge in [0.05, 0.1) is 6.61 Å². The molecule has 0 aliphatic rings. The molecule has 0 aromatic heterocycles. The van der Waals surface area contributed by atoms with Crippen molar-refractivity contribution in [3.05, 3.63) is 0 Å². The van der Waals surface area contributed by atoms with Gasteiger partial charge in [-0.2, -0.15) is 11.8 Å². The second-order valence-electron chi connectivity index (χ2n) is 2.76. The number of Topliss-reactive ketones (excluding diaryl/α,β-unsaturated/α-hetero) is 1. The Hall–Kier alpha value is -0.0200. The Balaban J connectivity index is 2.86. The summed E-state index contributed by atoms with van der Waals surface area (Å²) in [7, 11) is 1.72. The van der Waals surface area contributed by atoms with E-state index in [9.17, 15) is 4.79 Å². The molecule has 0 amide bonds. The van der Waals surface area contributed by atoms with Gasteiger partial charge in [0, 0.05) is 19.3 Å². The second-order valence-corrected chi connectivity index (χ2v) is 3.99. The second kappa shape index (κ2) is 9.07. The maximum Gasteiger partial charge on any atom is 0.129 e. The summed E-state index contributed by atoms with van der Waals surface area (Å²) in [5.74, 6) is 2.52. The fourth-order valence-electron chi connectivity index (χ4n) is 0.822. The molecule has 72 valence electrons. The van der Waals surface area contributed by atoms with Crippen LogP contribution in [0.15, 0.2) is 0 Å². The van der Waals surface area contributed by atoms with Gasteiger partial charge in [0.25, 0.3) is 0 Å². The molecule has 0 aromatic carbocycles. The maximum absolute atomic E-state index is 10.6. The molecule has 0 aliphatic carbocycles. The van der Waals surface area contributed by atoms with Crippen molar-refractivity contribution >= 4 is 17.5 Å². The van der Waals surface area contributed by atoms with Crippen LogP contribution < -0.4 is 0 Å². The molecule has 0 rings (SSSR count). The van der Waals surface area contributed by atoms with Crippen LogP contribution in [0.3, 0.4) is 0 Å². The van der Waals surface area contributed by atoms with Crippen LogP contribution in [0, 0.1) is 0 Å². The molecule has 0 saturated heterocycles. The van der Waals surface area contributed by atoms with Crippen LogP contribution in [0.1, 0.15) is 26.2 Å². The van der Waals surface area contributed by atoms with E-state index in [1.54, 1.807) is 14.0 Å².